The summed E-state index contributed by atoms with van der Waals surface area (Å²) in [6.07, 6.45) is 12.6. The van der Waals surface area contributed by atoms with Crippen molar-refractivity contribution in [2.24, 2.45) is 7.05 Å². The number of aliphatic hydroxyl groups excluding tert-OH is 1. The number of nitrogens with zero attached hydrogens (tertiary/aromatic N) is 7. The summed E-state index contributed by atoms with van der Waals surface area (Å²) in [6, 6.07) is 5.83. The van der Waals surface area contributed by atoms with Gasteiger partial charge in [0.25, 0.3) is 10.0 Å². The second-order valence-electron chi connectivity index (χ2n) is 9.88. The lowest BCUT2D eigenvalue weighted by atomic mass is 9.93. The maximum Gasteiger partial charge on any atom is 0.256 e. The van der Waals surface area contributed by atoms with E-state index < -0.39 is 10.0 Å². The predicted molar refractivity (Wildman–Crippen MR) is 142 cm³/mol. The zero-order valence-electron chi connectivity index (χ0n) is 20.9. The third kappa shape index (κ3) is 5.11. The maximum atomic E-state index is 12.5. The van der Waals surface area contributed by atoms with E-state index in [4.69, 9.17) is 0 Å². The average molecular weight is 536 g/mol. The second kappa shape index (κ2) is 9.80. The Morgan fingerprint density at radius 2 is 1.84 bits per heavy atom. The van der Waals surface area contributed by atoms with Gasteiger partial charge in [0.1, 0.15) is 11.6 Å². The van der Waals surface area contributed by atoms with Crippen molar-refractivity contribution in [3.8, 4) is 22.6 Å². The van der Waals surface area contributed by atoms with E-state index in [0.29, 0.717) is 35.9 Å². The summed E-state index contributed by atoms with van der Waals surface area (Å²) in [7, 11) is -1.59. The molecule has 0 spiro atoms. The lowest BCUT2D eigenvalue weighted by Crippen LogP contribution is -2.28. The molecular formula is C25H29N9O3S. The van der Waals surface area contributed by atoms with Gasteiger partial charge in [-0.1, -0.05) is 0 Å². The van der Waals surface area contributed by atoms with Gasteiger partial charge in [0.2, 0.25) is 0 Å². The Hall–Kier alpha value is -3.84. The minimum atomic E-state index is -3.46. The van der Waals surface area contributed by atoms with Gasteiger partial charge in [-0.25, -0.2) is 23.4 Å². The number of aliphatic hydroxyl groups is 1. The molecule has 4 aromatic rings. The number of aromatic nitrogens is 7. The van der Waals surface area contributed by atoms with E-state index in [-0.39, 0.29) is 17.4 Å². The van der Waals surface area contributed by atoms with Crippen LogP contribution in [0.3, 0.4) is 0 Å². The molecule has 0 unspecified atom stereocenters. The van der Waals surface area contributed by atoms with Crippen molar-refractivity contribution in [3.63, 3.8) is 0 Å². The summed E-state index contributed by atoms with van der Waals surface area (Å²) in [5.74, 6) is 1.45. The maximum absolute atomic E-state index is 12.5. The van der Waals surface area contributed by atoms with Gasteiger partial charge < -0.3 is 15.7 Å². The van der Waals surface area contributed by atoms with Crippen LogP contribution in [-0.4, -0.2) is 64.8 Å². The standard InChI is InChI=1S/C25H29N9O3S/c1-33-11-9-21(32-33)20-14-27-24(12-22(20)29-17-2-4-18(35)5-3-17)30-23-8-10-26-25(31-23)16-13-28-34(15-16)38(36,37)19-6-7-19/h8-15,17-19,35H,2-7H2,1H3,(H2,26,27,29,30,31). The normalized spacial score (nSPS) is 19.8. The number of hydrogen-bond donors (Lipinski definition) is 3. The van der Waals surface area contributed by atoms with Crippen molar-refractivity contribution in [1.82, 2.24) is 33.9 Å². The van der Waals surface area contributed by atoms with Crippen LogP contribution < -0.4 is 10.6 Å². The molecule has 2 aliphatic carbocycles. The second-order valence-corrected chi connectivity index (χ2v) is 11.9. The molecule has 0 atom stereocenters. The Morgan fingerprint density at radius 1 is 1.03 bits per heavy atom. The lowest BCUT2D eigenvalue weighted by Gasteiger charge is -2.28. The smallest absolute Gasteiger partial charge is 0.256 e. The van der Waals surface area contributed by atoms with Crippen LogP contribution in [0.2, 0.25) is 0 Å². The monoisotopic (exact) mass is 535 g/mol. The van der Waals surface area contributed by atoms with Crippen LogP contribution in [-0.2, 0) is 17.1 Å². The number of aryl methyl sites for hydroxylation is 1. The fraction of sp³-hybridized carbons (Fsp3) is 0.400. The highest BCUT2D eigenvalue weighted by Crippen LogP contribution is 2.32. The Kier molecular flexibility index (Phi) is 6.32. The topological polar surface area (TPSA) is 153 Å². The largest absolute Gasteiger partial charge is 0.393 e. The number of pyridine rings is 1. The minimum absolute atomic E-state index is 0.231. The summed E-state index contributed by atoms with van der Waals surface area (Å²) >= 11 is 0. The molecule has 0 aromatic carbocycles. The third-order valence-electron chi connectivity index (χ3n) is 6.89. The molecular weight excluding hydrogens is 506 g/mol. The highest BCUT2D eigenvalue weighted by Gasteiger charge is 2.37. The molecule has 2 saturated carbocycles. The molecule has 2 fully saturated rings. The molecule has 0 amide bonds. The average Bonchev–Trinajstić information content (AvgIpc) is 3.50. The van der Waals surface area contributed by atoms with Crippen molar-refractivity contribution in [2.45, 2.75) is 55.9 Å². The molecule has 0 bridgehead atoms. The van der Waals surface area contributed by atoms with E-state index in [1.54, 1.807) is 23.1 Å². The van der Waals surface area contributed by atoms with Gasteiger partial charge >= 0.3 is 0 Å². The van der Waals surface area contributed by atoms with E-state index in [2.05, 4.69) is 35.8 Å². The highest BCUT2D eigenvalue weighted by atomic mass is 32.2. The first-order valence-corrected chi connectivity index (χ1v) is 14.2. The van der Waals surface area contributed by atoms with Gasteiger partial charge in [-0.15, -0.1) is 0 Å². The van der Waals surface area contributed by atoms with Crippen molar-refractivity contribution >= 4 is 27.3 Å². The van der Waals surface area contributed by atoms with Crippen LogP contribution in [0.1, 0.15) is 38.5 Å². The SMILES string of the molecule is Cn1ccc(-c2cnc(Nc3ccnc(-c4cnn(S(=O)(=O)C5CC5)c4)n3)cc2NC2CCC(O)CC2)n1. The van der Waals surface area contributed by atoms with E-state index in [1.807, 2.05) is 25.4 Å². The summed E-state index contributed by atoms with van der Waals surface area (Å²) in [5.41, 5.74) is 3.10. The highest BCUT2D eigenvalue weighted by molar-refractivity contribution is 7.90. The molecule has 0 radical (unpaired) electrons. The summed E-state index contributed by atoms with van der Waals surface area (Å²) in [4.78, 5) is 13.5. The molecule has 13 heteroatoms. The van der Waals surface area contributed by atoms with Gasteiger partial charge in [0, 0.05) is 49.0 Å². The zero-order chi connectivity index (χ0) is 26.3. The first-order valence-electron chi connectivity index (χ1n) is 12.7. The summed E-state index contributed by atoms with van der Waals surface area (Å²) in [5, 5.41) is 25.0. The Labute approximate surface area is 220 Å². The van der Waals surface area contributed by atoms with Crippen LogP contribution in [0.4, 0.5) is 17.3 Å². The minimum Gasteiger partial charge on any atom is -0.393 e. The van der Waals surface area contributed by atoms with E-state index >= 15 is 0 Å². The first kappa shape index (κ1) is 24.5. The van der Waals surface area contributed by atoms with Crippen LogP contribution in [0.15, 0.2) is 49.2 Å². The van der Waals surface area contributed by atoms with Crippen molar-refractivity contribution in [1.29, 1.82) is 0 Å². The summed E-state index contributed by atoms with van der Waals surface area (Å²) < 4.78 is 27.7. The molecule has 12 nitrogen and oxygen atoms in total. The molecule has 3 N–H and O–H groups in total. The van der Waals surface area contributed by atoms with Crippen molar-refractivity contribution in [3.05, 3.63) is 49.2 Å². The molecule has 4 aromatic heterocycles. The molecule has 198 valence electrons. The molecule has 4 heterocycles. The van der Waals surface area contributed by atoms with Gasteiger partial charge in [0.15, 0.2) is 5.82 Å². The van der Waals surface area contributed by atoms with Gasteiger partial charge in [-0.05, 0) is 50.7 Å². The summed E-state index contributed by atoms with van der Waals surface area (Å²) in [6.45, 7) is 0. The van der Waals surface area contributed by atoms with Crippen molar-refractivity contribution < 1.29 is 13.5 Å². The van der Waals surface area contributed by atoms with E-state index in [1.165, 1.54) is 12.4 Å². The molecule has 2 aliphatic rings. The molecule has 0 aliphatic heterocycles. The molecule has 0 saturated heterocycles. The first-order chi connectivity index (χ1) is 18.3. The Bertz CT molecular complexity index is 1550. The number of nitrogens with one attached hydrogen (secondary N) is 2. The van der Waals surface area contributed by atoms with E-state index in [9.17, 15) is 13.5 Å². The fourth-order valence-electron chi connectivity index (χ4n) is 4.62. The number of anilines is 3. The quantitative estimate of drug-likeness (QED) is 0.307. The zero-order valence-corrected chi connectivity index (χ0v) is 21.7. The van der Waals surface area contributed by atoms with Crippen LogP contribution in [0.25, 0.3) is 22.6 Å². The van der Waals surface area contributed by atoms with Gasteiger partial charge in [-0.2, -0.15) is 14.3 Å². The molecule has 6 rings (SSSR count). The van der Waals surface area contributed by atoms with Crippen molar-refractivity contribution in [2.75, 3.05) is 10.6 Å². The van der Waals surface area contributed by atoms with Gasteiger partial charge in [-0.3, -0.25) is 4.68 Å². The van der Waals surface area contributed by atoms with Gasteiger partial charge in [0.05, 0.1) is 35.0 Å². The Morgan fingerprint density at radius 3 is 2.58 bits per heavy atom. The lowest BCUT2D eigenvalue weighted by molar-refractivity contribution is 0.126. The van der Waals surface area contributed by atoms with Crippen LogP contribution >= 0.6 is 0 Å². The number of hydrogen-bond acceptors (Lipinski definition) is 10. The predicted octanol–water partition coefficient (Wildman–Crippen LogP) is 2.93. The number of rotatable bonds is 8. The Balaban J connectivity index is 1.25. The third-order valence-corrected chi connectivity index (χ3v) is 8.92. The molecule has 38 heavy (non-hydrogen) atoms. The van der Waals surface area contributed by atoms with Crippen LogP contribution in [0, 0.1) is 0 Å². The van der Waals surface area contributed by atoms with Crippen LogP contribution in [0.5, 0.6) is 0 Å². The van der Waals surface area contributed by atoms with E-state index in [0.717, 1.165) is 46.7 Å². The fourth-order valence-corrected chi connectivity index (χ4v) is 6.10.